The molecule has 1 amide bonds. The molecule has 1 aromatic rings. The van der Waals surface area contributed by atoms with Crippen molar-refractivity contribution >= 4 is 23.2 Å². The predicted octanol–water partition coefficient (Wildman–Crippen LogP) is 0.480. The maximum Gasteiger partial charge on any atom is 0.307 e. The maximum atomic E-state index is 10.5. The molecule has 1 heterocycles. The van der Waals surface area contributed by atoms with Gasteiger partial charge in [-0.3, -0.25) is 14.9 Å². The number of carbonyl (C=O) groups is 1. The Balaban J connectivity index is 3.15. The first-order chi connectivity index (χ1) is 7.00. The molecule has 0 spiro atoms. The molecule has 2 N–H and O–H groups in total. The lowest BCUT2D eigenvalue weighted by atomic mass is 10.2. The summed E-state index contributed by atoms with van der Waals surface area (Å²) in [6.45, 7) is 0. The Bertz CT molecular complexity index is 490. The lowest BCUT2D eigenvalue weighted by molar-refractivity contribution is -0.385. The van der Waals surface area contributed by atoms with Gasteiger partial charge in [0.1, 0.15) is 0 Å². The summed E-state index contributed by atoms with van der Waals surface area (Å²) in [4.78, 5) is 23.6. The number of halogens is 1. The van der Waals surface area contributed by atoms with Crippen molar-refractivity contribution in [3.63, 3.8) is 0 Å². The molecule has 0 atom stereocenters. The lowest BCUT2D eigenvalue weighted by Gasteiger charge is -1.94. The van der Waals surface area contributed by atoms with Gasteiger partial charge in [0.05, 0.1) is 10.5 Å². The van der Waals surface area contributed by atoms with Crippen LogP contribution in [0.5, 0.6) is 0 Å². The first-order valence-corrected chi connectivity index (χ1v) is 4.00. The zero-order chi connectivity index (χ0) is 11.4. The lowest BCUT2D eigenvalue weighted by Crippen LogP contribution is -2.06. The second-order valence-corrected chi connectivity index (χ2v) is 2.76. The quantitative estimate of drug-likeness (QED) is 0.325. The fourth-order valence-electron chi connectivity index (χ4n) is 0.767. The van der Waals surface area contributed by atoms with Crippen LogP contribution in [0.1, 0.15) is 5.56 Å². The molecule has 0 unspecified atom stereocenters. The van der Waals surface area contributed by atoms with Gasteiger partial charge in [-0.15, -0.1) is 0 Å². The zero-order valence-corrected chi connectivity index (χ0v) is 7.99. The van der Waals surface area contributed by atoms with Crippen LogP contribution in [0.25, 0.3) is 0 Å². The average Bonchev–Trinajstić information content (AvgIpc) is 2.16. The maximum absolute atomic E-state index is 10.5. The van der Waals surface area contributed by atoms with Gasteiger partial charge in [0.15, 0.2) is 0 Å². The number of carbonyl (C=O) groups excluding carboxylic acids is 1. The first-order valence-electron chi connectivity index (χ1n) is 3.62. The molecule has 1 aromatic heterocycles. The number of amides is 1. The Hall–Kier alpha value is -2.13. The normalized spacial score (nSPS) is 8.87. The van der Waals surface area contributed by atoms with Crippen LogP contribution in [0.4, 0.5) is 5.69 Å². The zero-order valence-electron chi connectivity index (χ0n) is 7.23. The molecule has 76 valence electrons. The molecule has 0 saturated heterocycles. The highest BCUT2D eigenvalue weighted by Crippen LogP contribution is 2.21. The third-order valence-electron chi connectivity index (χ3n) is 1.35. The van der Waals surface area contributed by atoms with Crippen molar-refractivity contribution in [1.82, 2.24) is 4.98 Å². The molecule has 0 aromatic carbocycles. The summed E-state index contributed by atoms with van der Waals surface area (Å²) in [5.74, 6) is 3.52. The van der Waals surface area contributed by atoms with Crippen molar-refractivity contribution in [3.05, 3.63) is 33.1 Å². The Morgan fingerprint density at radius 3 is 2.87 bits per heavy atom. The van der Waals surface area contributed by atoms with E-state index in [1.165, 1.54) is 6.20 Å². The van der Waals surface area contributed by atoms with Crippen molar-refractivity contribution in [2.45, 2.75) is 0 Å². The molecular formula is C8H4ClN3O3. The van der Waals surface area contributed by atoms with Gasteiger partial charge in [-0.05, 0) is 0 Å². The molecule has 15 heavy (non-hydrogen) atoms. The molecular weight excluding hydrogens is 222 g/mol. The summed E-state index contributed by atoms with van der Waals surface area (Å²) in [6, 6.07) is 1.12. The van der Waals surface area contributed by atoms with Crippen LogP contribution in [0, 0.1) is 22.0 Å². The number of nitrogens with zero attached hydrogens (tertiary/aromatic N) is 2. The SMILES string of the molecule is NC(=O)C#Cc1cnc(Cl)c([N+](=O)[O-])c1. The fourth-order valence-corrected chi connectivity index (χ4v) is 0.939. The van der Waals surface area contributed by atoms with Gasteiger partial charge < -0.3 is 5.73 Å². The monoisotopic (exact) mass is 225 g/mol. The van der Waals surface area contributed by atoms with Crippen molar-refractivity contribution in [3.8, 4) is 11.8 Å². The van der Waals surface area contributed by atoms with Gasteiger partial charge in [0.25, 0.3) is 5.91 Å². The van der Waals surface area contributed by atoms with Crippen LogP contribution in [-0.2, 0) is 4.79 Å². The molecule has 0 saturated carbocycles. The molecule has 0 bridgehead atoms. The van der Waals surface area contributed by atoms with Gasteiger partial charge >= 0.3 is 5.69 Å². The third kappa shape index (κ3) is 2.93. The second-order valence-electron chi connectivity index (χ2n) is 2.41. The standard InChI is InChI=1S/C8H4ClN3O3/c9-8-6(12(14)15)3-5(4-11-8)1-2-7(10)13/h3-4H,(H2,10,13). The average molecular weight is 226 g/mol. The Kier molecular flexibility index (Phi) is 3.21. The highest BCUT2D eigenvalue weighted by molar-refractivity contribution is 6.31. The highest BCUT2D eigenvalue weighted by Gasteiger charge is 2.13. The summed E-state index contributed by atoms with van der Waals surface area (Å²) in [5.41, 5.74) is 4.61. The highest BCUT2D eigenvalue weighted by atomic mass is 35.5. The minimum absolute atomic E-state index is 0.199. The Labute approximate surface area is 89.2 Å². The number of nitrogens with two attached hydrogens (primary N) is 1. The van der Waals surface area contributed by atoms with E-state index in [0.717, 1.165) is 6.07 Å². The molecule has 7 heteroatoms. The summed E-state index contributed by atoms with van der Waals surface area (Å²) < 4.78 is 0. The van der Waals surface area contributed by atoms with Crippen LogP contribution in [0.15, 0.2) is 12.3 Å². The van der Waals surface area contributed by atoms with E-state index in [0.29, 0.717) is 0 Å². The molecule has 0 aliphatic rings. The van der Waals surface area contributed by atoms with Crippen LogP contribution in [0.3, 0.4) is 0 Å². The van der Waals surface area contributed by atoms with Gasteiger partial charge in [0, 0.05) is 18.2 Å². The van der Waals surface area contributed by atoms with Gasteiger partial charge in [-0.25, -0.2) is 4.98 Å². The smallest absolute Gasteiger partial charge is 0.307 e. The van der Waals surface area contributed by atoms with E-state index in [2.05, 4.69) is 10.9 Å². The Morgan fingerprint density at radius 2 is 2.33 bits per heavy atom. The minimum atomic E-state index is -0.826. The number of hydrogen-bond acceptors (Lipinski definition) is 4. The van der Waals surface area contributed by atoms with Crippen LogP contribution >= 0.6 is 11.6 Å². The fraction of sp³-hybridized carbons (Fsp3) is 0. The van der Waals surface area contributed by atoms with Gasteiger partial charge in [-0.2, -0.15) is 0 Å². The van der Waals surface area contributed by atoms with E-state index in [1.54, 1.807) is 0 Å². The van der Waals surface area contributed by atoms with Crippen LogP contribution < -0.4 is 5.73 Å². The predicted molar refractivity (Wildman–Crippen MR) is 52.0 cm³/mol. The van der Waals surface area contributed by atoms with E-state index in [9.17, 15) is 14.9 Å². The van der Waals surface area contributed by atoms with E-state index >= 15 is 0 Å². The molecule has 0 aliphatic carbocycles. The number of pyridine rings is 1. The van der Waals surface area contributed by atoms with Crippen LogP contribution in [0.2, 0.25) is 5.15 Å². The summed E-state index contributed by atoms with van der Waals surface area (Å²) >= 11 is 5.46. The van der Waals surface area contributed by atoms with Crippen molar-refractivity contribution in [2.24, 2.45) is 5.73 Å². The number of rotatable bonds is 1. The molecule has 0 aliphatic heterocycles. The van der Waals surface area contributed by atoms with E-state index in [4.69, 9.17) is 17.3 Å². The van der Waals surface area contributed by atoms with E-state index in [-0.39, 0.29) is 16.4 Å². The van der Waals surface area contributed by atoms with Crippen LogP contribution in [-0.4, -0.2) is 15.8 Å². The molecule has 6 nitrogen and oxygen atoms in total. The topological polar surface area (TPSA) is 99.1 Å². The molecule has 0 fully saturated rings. The Morgan fingerprint density at radius 1 is 1.67 bits per heavy atom. The second kappa shape index (κ2) is 4.39. The largest absolute Gasteiger partial charge is 0.359 e. The first kappa shape index (κ1) is 10.9. The van der Waals surface area contributed by atoms with Crippen molar-refractivity contribution < 1.29 is 9.72 Å². The third-order valence-corrected chi connectivity index (χ3v) is 1.64. The summed E-state index contributed by atoms with van der Waals surface area (Å²) in [5, 5.41) is 10.2. The number of hydrogen-bond donors (Lipinski definition) is 1. The summed E-state index contributed by atoms with van der Waals surface area (Å²) in [7, 11) is 0. The number of primary amides is 1. The van der Waals surface area contributed by atoms with Gasteiger partial charge in [-0.1, -0.05) is 17.5 Å². The van der Waals surface area contributed by atoms with E-state index in [1.807, 2.05) is 5.92 Å². The molecule has 0 radical (unpaired) electrons. The number of nitro groups is 1. The number of aromatic nitrogens is 1. The van der Waals surface area contributed by atoms with Crippen molar-refractivity contribution in [1.29, 1.82) is 0 Å². The minimum Gasteiger partial charge on any atom is -0.359 e. The van der Waals surface area contributed by atoms with Crippen molar-refractivity contribution in [2.75, 3.05) is 0 Å². The van der Waals surface area contributed by atoms with E-state index < -0.39 is 10.8 Å². The van der Waals surface area contributed by atoms with Gasteiger partial charge in [0.2, 0.25) is 5.15 Å². The molecule has 1 rings (SSSR count). The summed E-state index contributed by atoms with van der Waals surface area (Å²) in [6.07, 6.45) is 1.21.